The summed E-state index contributed by atoms with van der Waals surface area (Å²) in [6, 6.07) is 9.17. The summed E-state index contributed by atoms with van der Waals surface area (Å²) in [6.07, 6.45) is 2.18. The topological polar surface area (TPSA) is 114 Å². The Kier molecular flexibility index (Phi) is 5.30. The zero-order chi connectivity index (χ0) is 17.6. The molecule has 3 rings (SSSR count). The smallest absolute Gasteiger partial charge is 0.270 e. The van der Waals surface area contributed by atoms with Crippen molar-refractivity contribution in [3.8, 4) is 0 Å². The van der Waals surface area contributed by atoms with Crippen LogP contribution in [0.2, 0.25) is 0 Å². The van der Waals surface area contributed by atoms with Gasteiger partial charge in [0, 0.05) is 32.2 Å². The van der Waals surface area contributed by atoms with Gasteiger partial charge in [-0.25, -0.2) is 9.97 Å². The molecule has 130 valence electrons. The number of nitrogens with one attached hydrogen (secondary N) is 1. The Morgan fingerprint density at radius 1 is 1.32 bits per heavy atom. The maximum absolute atomic E-state index is 12.1. The fourth-order valence-corrected chi connectivity index (χ4v) is 2.94. The standard InChI is InChI=1S/C17H20N6O2/c18-16-7-15(20-11-21-16)17(24)19-8-14(22-25)10-23-6-5-12-3-1-2-4-13(12)9-23/h1-4,7,11,14H,5-6,8-10H2,(H,19,24)(H2,18,20,21). The number of nitrogens with zero attached hydrogens (tertiary/aromatic N) is 4. The Morgan fingerprint density at radius 3 is 2.88 bits per heavy atom. The number of fused-ring (bicyclic) bond motifs is 1. The normalized spacial score (nSPS) is 15.2. The van der Waals surface area contributed by atoms with Crippen molar-refractivity contribution in [2.45, 2.75) is 19.0 Å². The molecular formula is C17H20N6O2. The van der Waals surface area contributed by atoms with Gasteiger partial charge >= 0.3 is 0 Å². The number of carbonyl (C=O) groups excluding carboxylic acids is 1. The lowest BCUT2D eigenvalue weighted by atomic mass is 9.99. The molecule has 3 N–H and O–H groups in total. The van der Waals surface area contributed by atoms with E-state index < -0.39 is 11.9 Å². The molecule has 8 nitrogen and oxygen atoms in total. The Labute approximate surface area is 145 Å². The highest BCUT2D eigenvalue weighted by Crippen LogP contribution is 2.18. The van der Waals surface area contributed by atoms with E-state index in [0.29, 0.717) is 6.54 Å². The van der Waals surface area contributed by atoms with E-state index in [4.69, 9.17) is 5.73 Å². The highest BCUT2D eigenvalue weighted by Gasteiger charge is 2.21. The predicted molar refractivity (Wildman–Crippen MR) is 93.8 cm³/mol. The number of nitrogen functional groups attached to an aromatic ring is 1. The van der Waals surface area contributed by atoms with Crippen LogP contribution in [0.3, 0.4) is 0 Å². The number of benzene rings is 1. The van der Waals surface area contributed by atoms with Crippen molar-refractivity contribution >= 4 is 11.7 Å². The van der Waals surface area contributed by atoms with Crippen LogP contribution in [0.15, 0.2) is 41.8 Å². The van der Waals surface area contributed by atoms with E-state index in [2.05, 4.69) is 37.5 Å². The Bertz CT molecular complexity index is 766. The first-order chi connectivity index (χ1) is 12.2. The molecule has 0 fully saturated rings. The molecule has 25 heavy (non-hydrogen) atoms. The molecule has 2 heterocycles. The molecule has 0 aliphatic carbocycles. The molecule has 2 aromatic rings. The van der Waals surface area contributed by atoms with Gasteiger partial charge in [-0.1, -0.05) is 29.4 Å². The summed E-state index contributed by atoms with van der Waals surface area (Å²) in [7, 11) is 0. The zero-order valence-electron chi connectivity index (χ0n) is 13.8. The van der Waals surface area contributed by atoms with Gasteiger partial charge in [0.25, 0.3) is 5.91 Å². The molecule has 1 aromatic heterocycles. The average Bonchev–Trinajstić information content (AvgIpc) is 2.64. The van der Waals surface area contributed by atoms with Gasteiger partial charge in [0.1, 0.15) is 23.9 Å². The Hall–Kier alpha value is -2.87. The second-order valence-corrected chi connectivity index (χ2v) is 6.05. The third-order valence-electron chi connectivity index (χ3n) is 4.25. The first-order valence-electron chi connectivity index (χ1n) is 8.13. The van der Waals surface area contributed by atoms with Gasteiger partial charge in [-0.3, -0.25) is 9.69 Å². The largest absolute Gasteiger partial charge is 0.384 e. The minimum Gasteiger partial charge on any atom is -0.384 e. The summed E-state index contributed by atoms with van der Waals surface area (Å²) in [5, 5.41) is 5.84. The molecule has 0 bridgehead atoms. The molecule has 1 aromatic carbocycles. The second-order valence-electron chi connectivity index (χ2n) is 6.05. The third kappa shape index (κ3) is 4.36. The molecule has 0 spiro atoms. The molecular weight excluding hydrogens is 320 g/mol. The Morgan fingerprint density at radius 2 is 2.12 bits per heavy atom. The van der Waals surface area contributed by atoms with Crippen LogP contribution in [0.1, 0.15) is 21.6 Å². The van der Waals surface area contributed by atoms with Crippen molar-refractivity contribution < 1.29 is 4.79 Å². The van der Waals surface area contributed by atoms with Crippen LogP contribution in [0.25, 0.3) is 0 Å². The number of nitrogens with two attached hydrogens (primary N) is 1. The number of anilines is 1. The van der Waals surface area contributed by atoms with E-state index in [9.17, 15) is 9.70 Å². The fourth-order valence-electron chi connectivity index (χ4n) is 2.94. The monoisotopic (exact) mass is 340 g/mol. The maximum Gasteiger partial charge on any atom is 0.270 e. The average molecular weight is 340 g/mol. The SMILES string of the molecule is Nc1cc(C(=O)NCC(CN2CCc3ccccc3C2)N=O)ncn1. The summed E-state index contributed by atoms with van der Waals surface area (Å²) in [6.45, 7) is 2.33. The lowest BCUT2D eigenvalue weighted by Gasteiger charge is -2.29. The summed E-state index contributed by atoms with van der Waals surface area (Å²) in [5.41, 5.74) is 8.33. The van der Waals surface area contributed by atoms with Gasteiger partial charge in [0.05, 0.1) is 0 Å². The molecule has 1 aliphatic heterocycles. The second kappa shape index (κ2) is 7.80. The predicted octanol–water partition coefficient (Wildman–Crippen LogP) is 0.982. The van der Waals surface area contributed by atoms with Gasteiger partial charge < -0.3 is 11.1 Å². The van der Waals surface area contributed by atoms with Gasteiger partial charge in [-0.05, 0) is 17.5 Å². The van der Waals surface area contributed by atoms with Crippen LogP contribution >= 0.6 is 0 Å². The molecule has 0 radical (unpaired) electrons. The maximum atomic E-state index is 12.1. The van der Waals surface area contributed by atoms with Crippen molar-refractivity contribution in [2.75, 3.05) is 25.4 Å². The summed E-state index contributed by atoms with van der Waals surface area (Å²) < 4.78 is 0. The van der Waals surface area contributed by atoms with Crippen LogP contribution in [0, 0.1) is 4.91 Å². The van der Waals surface area contributed by atoms with Gasteiger partial charge in [-0.2, -0.15) is 4.91 Å². The summed E-state index contributed by atoms with van der Waals surface area (Å²) in [5.74, 6) is -0.177. The molecule has 8 heteroatoms. The van der Waals surface area contributed by atoms with E-state index in [-0.39, 0.29) is 18.1 Å². The number of hydrogen-bond donors (Lipinski definition) is 2. The number of aromatic nitrogens is 2. The molecule has 1 unspecified atom stereocenters. The molecule has 1 atom stereocenters. The first kappa shape index (κ1) is 17.0. The lowest BCUT2D eigenvalue weighted by molar-refractivity contribution is 0.0943. The highest BCUT2D eigenvalue weighted by molar-refractivity contribution is 5.92. The van der Waals surface area contributed by atoms with Crippen LogP contribution in [-0.4, -0.2) is 46.5 Å². The van der Waals surface area contributed by atoms with Gasteiger partial charge in [0.15, 0.2) is 0 Å². The van der Waals surface area contributed by atoms with Gasteiger partial charge in [0.2, 0.25) is 0 Å². The molecule has 1 amide bonds. The van der Waals surface area contributed by atoms with Crippen molar-refractivity contribution in [2.24, 2.45) is 5.18 Å². The summed E-state index contributed by atoms with van der Waals surface area (Å²) >= 11 is 0. The van der Waals surface area contributed by atoms with Crippen molar-refractivity contribution in [1.29, 1.82) is 0 Å². The van der Waals surface area contributed by atoms with Crippen LogP contribution in [-0.2, 0) is 13.0 Å². The van der Waals surface area contributed by atoms with E-state index in [1.165, 1.54) is 23.5 Å². The van der Waals surface area contributed by atoms with Crippen LogP contribution in [0.5, 0.6) is 0 Å². The highest BCUT2D eigenvalue weighted by atomic mass is 16.3. The minimum absolute atomic E-state index is 0.157. The lowest BCUT2D eigenvalue weighted by Crippen LogP contribution is -2.41. The van der Waals surface area contributed by atoms with E-state index in [1.54, 1.807) is 0 Å². The number of nitroso groups, excluding NO2 is 1. The van der Waals surface area contributed by atoms with Crippen molar-refractivity contribution in [1.82, 2.24) is 20.2 Å². The summed E-state index contributed by atoms with van der Waals surface area (Å²) in [4.78, 5) is 33.0. The van der Waals surface area contributed by atoms with E-state index in [1.807, 2.05) is 12.1 Å². The van der Waals surface area contributed by atoms with Crippen molar-refractivity contribution in [3.63, 3.8) is 0 Å². The molecule has 0 saturated carbocycles. The fraction of sp³-hybridized carbons (Fsp3) is 0.353. The number of rotatable bonds is 6. The number of amides is 1. The first-order valence-corrected chi connectivity index (χ1v) is 8.13. The van der Waals surface area contributed by atoms with Crippen LogP contribution < -0.4 is 11.1 Å². The van der Waals surface area contributed by atoms with Crippen LogP contribution in [0.4, 0.5) is 5.82 Å². The van der Waals surface area contributed by atoms with E-state index >= 15 is 0 Å². The third-order valence-corrected chi connectivity index (χ3v) is 4.25. The number of hydrogen-bond acceptors (Lipinski definition) is 7. The van der Waals surface area contributed by atoms with Gasteiger partial charge in [-0.15, -0.1) is 0 Å². The quantitative estimate of drug-likeness (QED) is 0.758. The molecule has 0 saturated heterocycles. The Balaban J connectivity index is 1.53. The van der Waals surface area contributed by atoms with E-state index in [0.717, 1.165) is 19.5 Å². The minimum atomic E-state index is -0.520. The number of carbonyl (C=O) groups is 1. The zero-order valence-corrected chi connectivity index (χ0v) is 13.8. The van der Waals surface area contributed by atoms with Crippen molar-refractivity contribution in [3.05, 3.63) is 58.4 Å². The molecule has 1 aliphatic rings.